The molecule has 0 radical (unpaired) electrons. The molecule has 0 aliphatic heterocycles. The van der Waals surface area contributed by atoms with Crippen LogP contribution in [0.4, 0.5) is 11.5 Å². The van der Waals surface area contributed by atoms with Crippen LogP contribution in [0.15, 0.2) is 76.1 Å². The molecule has 1 N–H and O–H groups in total. The lowest BCUT2D eigenvalue weighted by molar-refractivity contribution is 0.102. The Morgan fingerprint density at radius 1 is 1.13 bits per heavy atom. The molecule has 0 atom stereocenters. The van der Waals surface area contributed by atoms with Crippen LogP contribution in [0.2, 0.25) is 5.02 Å². The van der Waals surface area contributed by atoms with E-state index in [1.807, 2.05) is 38.1 Å². The van der Waals surface area contributed by atoms with Crippen LogP contribution in [0, 0.1) is 6.92 Å². The van der Waals surface area contributed by atoms with E-state index in [-0.39, 0.29) is 17.0 Å². The maximum Gasteiger partial charge on any atom is 0.262 e. The first-order valence-corrected chi connectivity index (χ1v) is 10.2. The summed E-state index contributed by atoms with van der Waals surface area (Å²) in [7, 11) is 0. The third-order valence-electron chi connectivity index (χ3n) is 4.46. The van der Waals surface area contributed by atoms with E-state index in [1.165, 1.54) is 0 Å². The molecule has 0 aliphatic rings. The Balaban J connectivity index is 1.80. The Hall–Kier alpha value is -3.64. The van der Waals surface area contributed by atoms with Crippen molar-refractivity contribution in [1.82, 2.24) is 4.98 Å². The summed E-state index contributed by atoms with van der Waals surface area (Å²) in [5.74, 6) is 0.812. The maximum atomic E-state index is 13.1. The van der Waals surface area contributed by atoms with Gasteiger partial charge in [0.25, 0.3) is 5.91 Å². The summed E-state index contributed by atoms with van der Waals surface area (Å²) in [4.78, 5) is 22.0. The molecule has 4 aromatic rings. The fourth-order valence-electron chi connectivity index (χ4n) is 3.04. The number of fused-ring (bicyclic) bond motifs is 1. The maximum absolute atomic E-state index is 13.1. The van der Waals surface area contributed by atoms with E-state index >= 15 is 0 Å². The van der Waals surface area contributed by atoms with Gasteiger partial charge in [0.05, 0.1) is 12.3 Å². The van der Waals surface area contributed by atoms with Crippen molar-refractivity contribution in [1.29, 1.82) is 0 Å². The van der Waals surface area contributed by atoms with Gasteiger partial charge in [0.15, 0.2) is 0 Å². The van der Waals surface area contributed by atoms with E-state index in [1.54, 1.807) is 42.5 Å². The molecule has 4 rings (SSSR count). The Morgan fingerprint density at radius 3 is 2.68 bits per heavy atom. The molecule has 7 heteroatoms. The lowest BCUT2D eigenvalue weighted by atomic mass is 10.1. The third kappa shape index (κ3) is 4.92. The highest BCUT2D eigenvalue weighted by atomic mass is 35.5. The number of ether oxygens (including phenoxy) is 1. The van der Waals surface area contributed by atoms with Crippen LogP contribution in [0.25, 0.3) is 11.0 Å². The predicted molar refractivity (Wildman–Crippen MR) is 121 cm³/mol. The Kier molecular flexibility index (Phi) is 6.00. The fourth-order valence-corrected chi connectivity index (χ4v) is 3.22. The minimum Gasteiger partial charge on any atom is -0.494 e. The molecular weight excluding hydrogens is 414 g/mol. The second-order valence-electron chi connectivity index (χ2n) is 6.80. The number of carbonyl (C=O) groups is 1. The highest BCUT2D eigenvalue weighted by molar-refractivity contribution is 6.31. The van der Waals surface area contributed by atoms with Crippen LogP contribution in [-0.2, 0) is 0 Å². The van der Waals surface area contributed by atoms with Crippen molar-refractivity contribution >= 4 is 40.0 Å². The molecule has 0 spiro atoms. The zero-order chi connectivity index (χ0) is 21.8. The van der Waals surface area contributed by atoms with Crippen LogP contribution in [0.1, 0.15) is 23.0 Å². The Morgan fingerprint density at radius 2 is 1.94 bits per heavy atom. The van der Waals surface area contributed by atoms with Crippen molar-refractivity contribution in [3.8, 4) is 5.75 Å². The van der Waals surface area contributed by atoms with E-state index in [0.29, 0.717) is 34.1 Å². The van der Waals surface area contributed by atoms with Crippen molar-refractivity contribution in [3.05, 3.63) is 88.6 Å². The van der Waals surface area contributed by atoms with Crippen molar-refractivity contribution in [2.75, 3.05) is 11.9 Å². The number of aryl methyl sites for hydroxylation is 1. The van der Waals surface area contributed by atoms with Crippen molar-refractivity contribution in [3.63, 3.8) is 0 Å². The number of carbonyl (C=O) groups excluding carboxylic acids is 1. The van der Waals surface area contributed by atoms with E-state index in [9.17, 15) is 4.79 Å². The molecule has 31 heavy (non-hydrogen) atoms. The number of pyridine rings is 1. The standard InChI is InChI=1S/C24H20ClN3O3/c1-3-30-19-10-8-18(9-11-19)27-24-20(14-16-13-17(25)7-12-21(16)31-24)23(29)28-22-6-4-5-15(2)26-22/h4-14H,3H2,1-2H3,(H,26,28,29). The van der Waals surface area contributed by atoms with Gasteiger partial charge in [-0.05, 0) is 74.5 Å². The average molecular weight is 434 g/mol. The molecule has 6 nitrogen and oxygen atoms in total. The van der Waals surface area contributed by atoms with Gasteiger partial charge in [-0.2, -0.15) is 0 Å². The predicted octanol–water partition coefficient (Wildman–Crippen LogP) is 5.67. The van der Waals surface area contributed by atoms with E-state index in [4.69, 9.17) is 20.8 Å². The van der Waals surface area contributed by atoms with Crippen molar-refractivity contribution in [2.45, 2.75) is 13.8 Å². The second-order valence-corrected chi connectivity index (χ2v) is 7.24. The highest BCUT2D eigenvalue weighted by Gasteiger charge is 2.14. The number of benzene rings is 2. The highest BCUT2D eigenvalue weighted by Crippen LogP contribution is 2.21. The van der Waals surface area contributed by atoms with Crippen LogP contribution < -0.4 is 15.6 Å². The molecule has 0 saturated heterocycles. The number of amides is 1. The summed E-state index contributed by atoms with van der Waals surface area (Å²) >= 11 is 6.12. The first-order chi connectivity index (χ1) is 15.0. The molecule has 1 amide bonds. The van der Waals surface area contributed by atoms with Crippen LogP contribution >= 0.6 is 11.6 Å². The van der Waals surface area contributed by atoms with Crippen LogP contribution in [0.5, 0.6) is 5.75 Å². The lowest BCUT2D eigenvalue weighted by Gasteiger charge is -2.07. The second kappa shape index (κ2) is 9.02. The lowest BCUT2D eigenvalue weighted by Crippen LogP contribution is -2.22. The van der Waals surface area contributed by atoms with Gasteiger partial charge in [-0.15, -0.1) is 0 Å². The summed E-state index contributed by atoms with van der Waals surface area (Å²) in [6, 6.07) is 19.6. The van der Waals surface area contributed by atoms with Gasteiger partial charge in [-0.3, -0.25) is 4.79 Å². The number of hydrogen-bond donors (Lipinski definition) is 1. The number of anilines is 1. The molecule has 2 aromatic carbocycles. The molecule has 0 fully saturated rings. The summed E-state index contributed by atoms with van der Waals surface area (Å²) in [5, 5.41) is 4.05. The molecule has 0 unspecified atom stereocenters. The molecule has 2 aromatic heterocycles. The van der Waals surface area contributed by atoms with Gasteiger partial charge in [0, 0.05) is 16.1 Å². The molecule has 0 bridgehead atoms. The van der Waals surface area contributed by atoms with Crippen molar-refractivity contribution < 1.29 is 13.9 Å². The number of rotatable bonds is 5. The topological polar surface area (TPSA) is 76.7 Å². The first kappa shape index (κ1) is 20.6. The zero-order valence-electron chi connectivity index (χ0n) is 17.1. The minimum absolute atomic E-state index is 0.184. The number of hydrogen-bond acceptors (Lipinski definition) is 5. The minimum atomic E-state index is -0.381. The van der Waals surface area contributed by atoms with Crippen molar-refractivity contribution in [2.24, 2.45) is 4.99 Å². The summed E-state index contributed by atoms with van der Waals surface area (Å²) in [5.41, 5.74) is 2.45. The SMILES string of the molecule is CCOc1ccc(N=c2oc3ccc(Cl)cc3cc2C(=O)Nc2cccc(C)n2)cc1. The number of nitrogens with one attached hydrogen (secondary N) is 1. The smallest absolute Gasteiger partial charge is 0.262 e. The number of aromatic nitrogens is 1. The first-order valence-electron chi connectivity index (χ1n) is 9.78. The number of nitrogens with zero attached hydrogens (tertiary/aromatic N) is 2. The van der Waals surface area contributed by atoms with Gasteiger partial charge in [-0.25, -0.2) is 9.98 Å². The van der Waals surface area contributed by atoms with Gasteiger partial charge < -0.3 is 14.5 Å². The Bertz CT molecular complexity index is 1310. The molecule has 156 valence electrons. The Labute approximate surface area is 184 Å². The average Bonchev–Trinajstić information content (AvgIpc) is 2.75. The largest absolute Gasteiger partial charge is 0.494 e. The van der Waals surface area contributed by atoms with Gasteiger partial charge in [0.1, 0.15) is 22.7 Å². The monoisotopic (exact) mass is 433 g/mol. The van der Waals surface area contributed by atoms with E-state index in [2.05, 4.69) is 15.3 Å². The van der Waals surface area contributed by atoms with Gasteiger partial charge in [-0.1, -0.05) is 17.7 Å². The molecule has 2 heterocycles. The van der Waals surface area contributed by atoms with E-state index < -0.39 is 0 Å². The summed E-state index contributed by atoms with van der Waals surface area (Å²) in [6.45, 7) is 4.36. The molecular formula is C24H20ClN3O3. The number of halogens is 1. The molecule has 0 aliphatic carbocycles. The quantitative estimate of drug-likeness (QED) is 0.439. The zero-order valence-corrected chi connectivity index (χ0v) is 17.8. The molecule has 0 saturated carbocycles. The van der Waals surface area contributed by atoms with Crippen LogP contribution in [-0.4, -0.2) is 17.5 Å². The van der Waals surface area contributed by atoms with E-state index in [0.717, 1.165) is 11.4 Å². The summed E-state index contributed by atoms with van der Waals surface area (Å²) < 4.78 is 11.4. The third-order valence-corrected chi connectivity index (χ3v) is 4.70. The summed E-state index contributed by atoms with van der Waals surface area (Å²) in [6.07, 6.45) is 0. The fraction of sp³-hybridized carbons (Fsp3) is 0.125. The normalized spacial score (nSPS) is 11.5. The van der Waals surface area contributed by atoms with Gasteiger partial charge >= 0.3 is 0 Å². The van der Waals surface area contributed by atoms with Crippen LogP contribution in [0.3, 0.4) is 0 Å². The van der Waals surface area contributed by atoms with Gasteiger partial charge in [0.2, 0.25) is 5.55 Å².